The number of hydrogen-bond acceptors (Lipinski definition) is 3. The molecule has 0 aliphatic rings. The van der Waals surface area contributed by atoms with Gasteiger partial charge in [0.2, 0.25) is 10.0 Å². The van der Waals surface area contributed by atoms with Crippen LogP contribution in [0.4, 0.5) is 0 Å². The van der Waals surface area contributed by atoms with Gasteiger partial charge >= 0.3 is 0 Å². The Kier molecular flexibility index (Phi) is 2.21. The standard InChI is InChI=1S/C10H10N2O2S/c1-7-5-6-8-3-2-4-9(10(8)12-7)15(11,13)14/h2-6H,1H3,(H2,11,13,14). The Bertz CT molecular complexity index is 620. The summed E-state index contributed by atoms with van der Waals surface area (Å²) in [6.07, 6.45) is 0. The van der Waals surface area contributed by atoms with E-state index < -0.39 is 10.0 Å². The zero-order valence-corrected chi connectivity index (χ0v) is 8.95. The monoisotopic (exact) mass is 222 g/mol. The number of nitrogens with two attached hydrogens (primary N) is 1. The molecule has 2 N–H and O–H groups in total. The fourth-order valence-corrected chi connectivity index (χ4v) is 2.15. The molecule has 15 heavy (non-hydrogen) atoms. The van der Waals surface area contributed by atoms with Gasteiger partial charge in [-0.2, -0.15) is 0 Å². The zero-order chi connectivity index (χ0) is 11.1. The van der Waals surface area contributed by atoms with Crippen LogP contribution in [0.1, 0.15) is 5.69 Å². The van der Waals surface area contributed by atoms with E-state index in [9.17, 15) is 8.42 Å². The summed E-state index contributed by atoms with van der Waals surface area (Å²) < 4.78 is 22.6. The molecule has 0 amide bonds. The summed E-state index contributed by atoms with van der Waals surface area (Å²) in [5, 5.41) is 5.88. The third kappa shape index (κ3) is 1.84. The van der Waals surface area contributed by atoms with Gasteiger partial charge in [0.25, 0.3) is 0 Å². The molecule has 2 rings (SSSR count). The molecule has 0 fully saturated rings. The van der Waals surface area contributed by atoms with E-state index in [0.29, 0.717) is 5.52 Å². The molecule has 1 aromatic heterocycles. The lowest BCUT2D eigenvalue weighted by Crippen LogP contribution is -2.13. The van der Waals surface area contributed by atoms with E-state index in [1.54, 1.807) is 19.1 Å². The predicted molar refractivity (Wildman–Crippen MR) is 57.9 cm³/mol. The Balaban J connectivity index is 2.92. The number of para-hydroxylation sites is 1. The topological polar surface area (TPSA) is 73.1 Å². The molecule has 4 nitrogen and oxygen atoms in total. The highest BCUT2D eigenvalue weighted by atomic mass is 32.2. The number of nitrogens with zero attached hydrogens (tertiary/aromatic N) is 1. The summed E-state index contributed by atoms with van der Waals surface area (Å²) in [5.41, 5.74) is 1.19. The second-order valence-electron chi connectivity index (χ2n) is 3.33. The van der Waals surface area contributed by atoms with E-state index in [4.69, 9.17) is 5.14 Å². The van der Waals surface area contributed by atoms with Crippen LogP contribution in [-0.2, 0) is 10.0 Å². The number of rotatable bonds is 1. The minimum Gasteiger partial charge on any atom is -0.252 e. The summed E-state index contributed by atoms with van der Waals surface area (Å²) >= 11 is 0. The average molecular weight is 222 g/mol. The van der Waals surface area contributed by atoms with Crippen LogP contribution in [0.15, 0.2) is 35.2 Å². The number of pyridine rings is 1. The summed E-state index contributed by atoms with van der Waals surface area (Å²) in [6, 6.07) is 8.57. The van der Waals surface area contributed by atoms with Gasteiger partial charge in [-0.3, -0.25) is 4.98 Å². The largest absolute Gasteiger partial charge is 0.252 e. The smallest absolute Gasteiger partial charge is 0.240 e. The Labute approximate surface area is 87.8 Å². The molecule has 0 saturated heterocycles. The van der Waals surface area contributed by atoms with Crippen LogP contribution in [-0.4, -0.2) is 13.4 Å². The number of sulfonamides is 1. The number of benzene rings is 1. The highest BCUT2D eigenvalue weighted by Gasteiger charge is 2.12. The van der Waals surface area contributed by atoms with Crippen LogP contribution >= 0.6 is 0 Å². The molecule has 0 saturated carbocycles. The molecule has 0 aliphatic carbocycles. The van der Waals surface area contributed by atoms with Gasteiger partial charge in [0, 0.05) is 11.1 Å². The van der Waals surface area contributed by atoms with Crippen LogP contribution in [0, 0.1) is 6.92 Å². The van der Waals surface area contributed by atoms with Crippen LogP contribution in [0.2, 0.25) is 0 Å². The lowest BCUT2D eigenvalue weighted by molar-refractivity contribution is 0.598. The molecule has 0 atom stereocenters. The van der Waals surface area contributed by atoms with Crippen molar-refractivity contribution in [3.8, 4) is 0 Å². The van der Waals surface area contributed by atoms with Gasteiger partial charge in [0.15, 0.2) is 0 Å². The molecule has 0 bridgehead atoms. The second kappa shape index (κ2) is 3.29. The Morgan fingerprint density at radius 1 is 1.20 bits per heavy atom. The van der Waals surface area contributed by atoms with Crippen LogP contribution < -0.4 is 5.14 Å². The summed E-state index contributed by atoms with van der Waals surface area (Å²) in [7, 11) is -3.71. The quantitative estimate of drug-likeness (QED) is 0.787. The summed E-state index contributed by atoms with van der Waals surface area (Å²) in [5.74, 6) is 0. The average Bonchev–Trinajstić information content (AvgIpc) is 2.15. The molecule has 2 aromatic rings. The first-order chi connectivity index (χ1) is 6.98. The van der Waals surface area contributed by atoms with Crippen molar-refractivity contribution in [3.05, 3.63) is 36.0 Å². The highest BCUT2D eigenvalue weighted by Crippen LogP contribution is 2.20. The second-order valence-corrected chi connectivity index (χ2v) is 4.86. The van der Waals surface area contributed by atoms with Crippen molar-refractivity contribution in [2.24, 2.45) is 5.14 Å². The molecule has 0 unspecified atom stereocenters. The first kappa shape index (κ1) is 10.1. The van der Waals surface area contributed by atoms with Gasteiger partial charge < -0.3 is 0 Å². The molecule has 1 aromatic carbocycles. The van der Waals surface area contributed by atoms with Crippen LogP contribution in [0.25, 0.3) is 10.9 Å². The normalized spacial score (nSPS) is 11.9. The minimum atomic E-state index is -3.71. The molecule has 5 heteroatoms. The van der Waals surface area contributed by atoms with Crippen LogP contribution in [0.3, 0.4) is 0 Å². The number of primary sulfonamides is 1. The number of fused-ring (bicyclic) bond motifs is 1. The van der Waals surface area contributed by atoms with Crippen molar-refractivity contribution < 1.29 is 8.42 Å². The van der Waals surface area contributed by atoms with Crippen molar-refractivity contribution in [3.63, 3.8) is 0 Å². The molecular weight excluding hydrogens is 212 g/mol. The van der Waals surface area contributed by atoms with E-state index >= 15 is 0 Å². The Morgan fingerprint density at radius 2 is 1.93 bits per heavy atom. The third-order valence-electron chi connectivity index (χ3n) is 2.13. The number of aromatic nitrogens is 1. The Morgan fingerprint density at radius 3 is 2.60 bits per heavy atom. The first-order valence-corrected chi connectivity index (χ1v) is 5.92. The van der Waals surface area contributed by atoms with E-state index in [0.717, 1.165) is 11.1 Å². The van der Waals surface area contributed by atoms with Gasteiger partial charge in [-0.25, -0.2) is 13.6 Å². The Hall–Kier alpha value is -1.46. The summed E-state index contributed by atoms with van der Waals surface area (Å²) in [6.45, 7) is 1.80. The third-order valence-corrected chi connectivity index (χ3v) is 3.07. The molecular formula is C10H10N2O2S. The lowest BCUT2D eigenvalue weighted by Gasteiger charge is -2.03. The minimum absolute atomic E-state index is 0.0729. The van der Waals surface area contributed by atoms with E-state index in [-0.39, 0.29) is 4.90 Å². The van der Waals surface area contributed by atoms with Crippen molar-refractivity contribution in [1.82, 2.24) is 4.98 Å². The number of hydrogen-bond donors (Lipinski definition) is 1. The van der Waals surface area contributed by atoms with Crippen molar-refractivity contribution in [2.75, 3.05) is 0 Å². The van der Waals surface area contributed by atoms with Gasteiger partial charge in [0.1, 0.15) is 4.90 Å². The highest BCUT2D eigenvalue weighted by molar-refractivity contribution is 7.89. The zero-order valence-electron chi connectivity index (χ0n) is 8.14. The molecule has 1 heterocycles. The SMILES string of the molecule is Cc1ccc2cccc(S(N)(=O)=O)c2n1. The lowest BCUT2D eigenvalue weighted by atomic mass is 10.2. The molecule has 0 radical (unpaired) electrons. The van der Waals surface area contributed by atoms with Crippen molar-refractivity contribution in [1.29, 1.82) is 0 Å². The molecule has 78 valence electrons. The predicted octanol–water partition coefficient (Wildman–Crippen LogP) is 1.19. The van der Waals surface area contributed by atoms with Gasteiger partial charge in [-0.1, -0.05) is 18.2 Å². The van der Waals surface area contributed by atoms with Crippen molar-refractivity contribution in [2.45, 2.75) is 11.8 Å². The molecule has 0 spiro atoms. The van der Waals surface area contributed by atoms with Gasteiger partial charge in [0.05, 0.1) is 5.52 Å². The summed E-state index contributed by atoms with van der Waals surface area (Å²) in [4.78, 5) is 4.26. The van der Waals surface area contributed by atoms with Crippen molar-refractivity contribution >= 4 is 20.9 Å². The van der Waals surface area contributed by atoms with E-state index in [1.807, 2.05) is 12.1 Å². The van der Waals surface area contributed by atoms with E-state index in [2.05, 4.69) is 4.98 Å². The maximum Gasteiger partial charge on any atom is 0.240 e. The van der Waals surface area contributed by atoms with Crippen LogP contribution in [0.5, 0.6) is 0 Å². The first-order valence-electron chi connectivity index (χ1n) is 4.38. The molecule has 0 aliphatic heterocycles. The van der Waals surface area contributed by atoms with Gasteiger partial charge in [-0.05, 0) is 19.1 Å². The van der Waals surface area contributed by atoms with Gasteiger partial charge in [-0.15, -0.1) is 0 Å². The maximum absolute atomic E-state index is 11.3. The van der Waals surface area contributed by atoms with E-state index in [1.165, 1.54) is 6.07 Å². The number of aryl methyl sites for hydroxylation is 1. The fraction of sp³-hybridized carbons (Fsp3) is 0.100. The maximum atomic E-state index is 11.3. The fourth-order valence-electron chi connectivity index (χ4n) is 1.45.